The molecule has 3 rings (SSSR count). The number of rotatable bonds is 4. The Hall–Kier alpha value is -2.79. The summed E-state index contributed by atoms with van der Waals surface area (Å²) in [6.45, 7) is 0. The molecule has 0 unspecified atom stereocenters. The number of halogens is 2. The van der Waals surface area contributed by atoms with Crippen molar-refractivity contribution in [3.05, 3.63) is 77.3 Å². The number of hydrazine groups is 1. The zero-order valence-corrected chi connectivity index (χ0v) is 12.6. The van der Waals surface area contributed by atoms with Crippen LogP contribution in [-0.4, -0.2) is 5.91 Å². The molecule has 0 atom stereocenters. The van der Waals surface area contributed by atoms with Gasteiger partial charge >= 0.3 is 5.91 Å². The van der Waals surface area contributed by atoms with Gasteiger partial charge in [0, 0.05) is 10.6 Å². The quantitative estimate of drug-likeness (QED) is 0.693. The smallest absolute Gasteiger partial charge is 0.305 e. The van der Waals surface area contributed by atoms with E-state index >= 15 is 0 Å². The first-order valence-electron chi connectivity index (χ1n) is 6.79. The van der Waals surface area contributed by atoms with E-state index in [2.05, 4.69) is 10.9 Å². The predicted molar refractivity (Wildman–Crippen MR) is 86.6 cm³/mol. The first-order valence-corrected chi connectivity index (χ1v) is 7.17. The number of nitrogens with one attached hydrogen (secondary N) is 2. The number of anilines is 1. The van der Waals surface area contributed by atoms with Crippen molar-refractivity contribution in [2.75, 3.05) is 5.43 Å². The van der Waals surface area contributed by atoms with Crippen LogP contribution in [0.1, 0.15) is 10.6 Å². The Bertz CT molecular complexity index is 831. The van der Waals surface area contributed by atoms with Gasteiger partial charge in [-0.1, -0.05) is 17.7 Å². The standard InChI is InChI=1S/C17H12ClFN2O2/c18-12-2-1-3-14(10-12)20-21-17(22)16-9-8-15(23-16)11-4-6-13(19)7-5-11/h1-10,20H,(H,21,22). The Morgan fingerprint density at radius 3 is 2.57 bits per heavy atom. The predicted octanol–water partition coefficient (Wildman–Crippen LogP) is 4.50. The normalized spacial score (nSPS) is 10.3. The Morgan fingerprint density at radius 2 is 1.83 bits per heavy atom. The maximum absolute atomic E-state index is 12.9. The number of hydrogen-bond acceptors (Lipinski definition) is 3. The van der Waals surface area contributed by atoms with Gasteiger partial charge in [0.15, 0.2) is 5.76 Å². The molecule has 4 nitrogen and oxygen atoms in total. The number of hydrogen-bond donors (Lipinski definition) is 2. The van der Waals surface area contributed by atoms with Crippen molar-refractivity contribution in [2.45, 2.75) is 0 Å². The van der Waals surface area contributed by atoms with Crippen LogP contribution in [0.15, 0.2) is 65.1 Å². The summed E-state index contributed by atoms with van der Waals surface area (Å²) in [4.78, 5) is 12.0. The molecule has 23 heavy (non-hydrogen) atoms. The highest BCUT2D eigenvalue weighted by Crippen LogP contribution is 2.22. The van der Waals surface area contributed by atoms with Crippen molar-refractivity contribution in [3.63, 3.8) is 0 Å². The summed E-state index contributed by atoms with van der Waals surface area (Å²) in [5.74, 6) is -0.140. The molecule has 1 aromatic heterocycles. The van der Waals surface area contributed by atoms with Gasteiger partial charge in [-0.05, 0) is 54.6 Å². The van der Waals surface area contributed by atoms with E-state index in [1.807, 2.05) is 0 Å². The lowest BCUT2D eigenvalue weighted by Gasteiger charge is -2.07. The fourth-order valence-electron chi connectivity index (χ4n) is 1.99. The minimum Gasteiger partial charge on any atom is -0.451 e. The summed E-state index contributed by atoms with van der Waals surface area (Å²) in [6.07, 6.45) is 0. The van der Waals surface area contributed by atoms with E-state index in [-0.39, 0.29) is 11.6 Å². The average molecular weight is 331 g/mol. The van der Waals surface area contributed by atoms with Crippen molar-refractivity contribution in [1.82, 2.24) is 5.43 Å². The summed E-state index contributed by atoms with van der Waals surface area (Å²) in [6, 6.07) is 16.0. The molecular formula is C17H12ClFN2O2. The third kappa shape index (κ3) is 3.70. The molecular weight excluding hydrogens is 319 g/mol. The van der Waals surface area contributed by atoms with Gasteiger partial charge in [-0.25, -0.2) is 4.39 Å². The highest BCUT2D eigenvalue weighted by molar-refractivity contribution is 6.30. The lowest BCUT2D eigenvalue weighted by atomic mass is 10.2. The molecule has 0 saturated heterocycles. The largest absolute Gasteiger partial charge is 0.451 e. The van der Waals surface area contributed by atoms with Crippen LogP contribution in [0.4, 0.5) is 10.1 Å². The highest BCUT2D eigenvalue weighted by atomic mass is 35.5. The van der Waals surface area contributed by atoms with Gasteiger partial charge < -0.3 is 4.42 Å². The Balaban J connectivity index is 1.67. The zero-order valence-electron chi connectivity index (χ0n) is 11.8. The van der Waals surface area contributed by atoms with Gasteiger partial charge in [-0.3, -0.25) is 15.6 Å². The number of carbonyl (C=O) groups excluding carboxylic acids is 1. The van der Waals surface area contributed by atoms with Crippen molar-refractivity contribution in [3.8, 4) is 11.3 Å². The van der Waals surface area contributed by atoms with E-state index < -0.39 is 5.91 Å². The molecule has 0 aliphatic heterocycles. The summed E-state index contributed by atoms with van der Waals surface area (Å²) in [5.41, 5.74) is 6.60. The number of amides is 1. The van der Waals surface area contributed by atoms with Crippen LogP contribution < -0.4 is 10.9 Å². The minimum atomic E-state index is -0.432. The molecule has 0 saturated carbocycles. The van der Waals surface area contributed by atoms with E-state index in [4.69, 9.17) is 16.0 Å². The van der Waals surface area contributed by atoms with Crippen molar-refractivity contribution in [1.29, 1.82) is 0 Å². The van der Waals surface area contributed by atoms with Gasteiger partial charge in [-0.2, -0.15) is 0 Å². The molecule has 1 amide bonds. The highest BCUT2D eigenvalue weighted by Gasteiger charge is 2.12. The third-order valence-corrected chi connectivity index (χ3v) is 3.34. The maximum Gasteiger partial charge on any atom is 0.305 e. The van der Waals surface area contributed by atoms with Crippen LogP contribution >= 0.6 is 11.6 Å². The van der Waals surface area contributed by atoms with Gasteiger partial charge in [0.05, 0.1) is 5.69 Å². The fourth-order valence-corrected chi connectivity index (χ4v) is 2.18. The molecule has 0 radical (unpaired) electrons. The van der Waals surface area contributed by atoms with Gasteiger partial charge in [0.1, 0.15) is 11.6 Å². The van der Waals surface area contributed by atoms with E-state index in [0.717, 1.165) is 0 Å². The summed E-state index contributed by atoms with van der Waals surface area (Å²) in [5, 5.41) is 0.556. The van der Waals surface area contributed by atoms with Crippen LogP contribution in [0, 0.1) is 5.82 Å². The zero-order chi connectivity index (χ0) is 16.2. The summed E-state index contributed by atoms with van der Waals surface area (Å²) < 4.78 is 18.4. The molecule has 0 aliphatic carbocycles. The number of furan rings is 1. The van der Waals surface area contributed by atoms with Crippen LogP contribution in [0.3, 0.4) is 0 Å². The lowest BCUT2D eigenvalue weighted by molar-refractivity contribution is 0.0936. The molecule has 0 fully saturated rings. The van der Waals surface area contributed by atoms with Crippen LogP contribution in [0.25, 0.3) is 11.3 Å². The third-order valence-electron chi connectivity index (χ3n) is 3.10. The molecule has 6 heteroatoms. The molecule has 0 aliphatic rings. The van der Waals surface area contributed by atoms with Crippen LogP contribution in [0.2, 0.25) is 5.02 Å². The van der Waals surface area contributed by atoms with E-state index in [9.17, 15) is 9.18 Å². The van der Waals surface area contributed by atoms with Gasteiger partial charge in [0.25, 0.3) is 0 Å². The Morgan fingerprint density at radius 1 is 1.04 bits per heavy atom. The first-order chi connectivity index (χ1) is 11.1. The van der Waals surface area contributed by atoms with Crippen molar-refractivity contribution < 1.29 is 13.6 Å². The molecule has 1 heterocycles. The molecule has 0 bridgehead atoms. The monoisotopic (exact) mass is 330 g/mol. The average Bonchev–Trinajstić information content (AvgIpc) is 3.03. The molecule has 116 valence electrons. The summed E-state index contributed by atoms with van der Waals surface area (Å²) in [7, 11) is 0. The van der Waals surface area contributed by atoms with Crippen LogP contribution in [0.5, 0.6) is 0 Å². The van der Waals surface area contributed by atoms with Crippen molar-refractivity contribution >= 4 is 23.2 Å². The molecule has 2 N–H and O–H groups in total. The molecule has 3 aromatic rings. The SMILES string of the molecule is O=C(NNc1cccc(Cl)c1)c1ccc(-c2ccc(F)cc2)o1. The number of benzene rings is 2. The number of carbonyl (C=O) groups is 1. The van der Waals surface area contributed by atoms with E-state index in [1.54, 1.807) is 48.5 Å². The first kappa shape index (κ1) is 15.1. The topological polar surface area (TPSA) is 54.3 Å². The molecule has 0 spiro atoms. The van der Waals surface area contributed by atoms with Crippen LogP contribution in [-0.2, 0) is 0 Å². The lowest BCUT2D eigenvalue weighted by Crippen LogP contribution is -2.28. The molecule has 2 aromatic carbocycles. The Labute approximate surface area is 136 Å². The summed E-state index contributed by atoms with van der Waals surface area (Å²) >= 11 is 5.86. The van der Waals surface area contributed by atoms with Gasteiger partial charge in [0.2, 0.25) is 0 Å². The second-order valence-corrected chi connectivity index (χ2v) is 5.20. The second kappa shape index (κ2) is 6.54. The van der Waals surface area contributed by atoms with Gasteiger partial charge in [-0.15, -0.1) is 0 Å². The second-order valence-electron chi connectivity index (χ2n) is 4.76. The Kier molecular flexibility index (Phi) is 4.30. The van der Waals surface area contributed by atoms with Crippen molar-refractivity contribution in [2.24, 2.45) is 0 Å². The minimum absolute atomic E-state index is 0.138. The van der Waals surface area contributed by atoms with E-state index in [0.29, 0.717) is 22.0 Å². The van der Waals surface area contributed by atoms with E-state index in [1.165, 1.54) is 12.1 Å². The maximum atomic E-state index is 12.9. The fraction of sp³-hybridized carbons (Fsp3) is 0.